The van der Waals surface area contributed by atoms with Gasteiger partial charge in [0, 0.05) is 6.04 Å². The van der Waals surface area contributed by atoms with Gasteiger partial charge >= 0.3 is 6.18 Å². The van der Waals surface area contributed by atoms with Crippen LogP contribution in [0.5, 0.6) is 0 Å². The molecule has 0 saturated carbocycles. The molecule has 1 atom stereocenters. The number of nitrogens with one attached hydrogen (secondary N) is 1. The maximum atomic E-state index is 12.6. The summed E-state index contributed by atoms with van der Waals surface area (Å²) in [5.41, 5.74) is 1.05. The van der Waals surface area contributed by atoms with Gasteiger partial charge in [-0.2, -0.15) is 13.2 Å². The van der Waals surface area contributed by atoms with Crippen molar-refractivity contribution in [1.29, 1.82) is 0 Å². The summed E-state index contributed by atoms with van der Waals surface area (Å²) < 4.78 is 37.8. The molecular formula is C14H20F3N. The maximum absolute atomic E-state index is 12.6. The zero-order chi connectivity index (χ0) is 13.9. The first-order chi connectivity index (χ1) is 8.27. The molecule has 0 amide bonds. The van der Waals surface area contributed by atoms with Crippen LogP contribution in [-0.2, 0) is 6.18 Å². The van der Waals surface area contributed by atoms with Gasteiger partial charge in [0.25, 0.3) is 0 Å². The Morgan fingerprint density at radius 3 is 2.22 bits per heavy atom. The Morgan fingerprint density at radius 1 is 1.22 bits per heavy atom. The van der Waals surface area contributed by atoms with Gasteiger partial charge in [-0.15, -0.1) is 0 Å². The summed E-state index contributed by atoms with van der Waals surface area (Å²) in [4.78, 5) is 0. The van der Waals surface area contributed by atoms with E-state index in [0.717, 1.165) is 18.2 Å². The van der Waals surface area contributed by atoms with Crippen LogP contribution < -0.4 is 5.32 Å². The topological polar surface area (TPSA) is 12.0 Å². The highest BCUT2D eigenvalue weighted by molar-refractivity contribution is 5.34. The van der Waals surface area contributed by atoms with E-state index in [4.69, 9.17) is 0 Å². The van der Waals surface area contributed by atoms with Crippen molar-refractivity contribution < 1.29 is 13.2 Å². The van der Waals surface area contributed by atoms with Gasteiger partial charge in [0.1, 0.15) is 0 Å². The third kappa shape index (κ3) is 3.48. The largest absolute Gasteiger partial charge is 0.416 e. The predicted octanol–water partition coefficient (Wildman–Crippen LogP) is 4.32. The lowest BCUT2D eigenvalue weighted by molar-refractivity contribution is -0.137. The molecule has 1 aromatic rings. The second-order valence-corrected chi connectivity index (χ2v) is 4.85. The lowest BCUT2D eigenvalue weighted by atomic mass is 9.91. The average molecular weight is 259 g/mol. The molecule has 1 N–H and O–H groups in total. The fourth-order valence-electron chi connectivity index (χ4n) is 2.13. The maximum Gasteiger partial charge on any atom is 0.416 e. The van der Waals surface area contributed by atoms with Gasteiger partial charge in [-0.05, 0) is 42.6 Å². The van der Waals surface area contributed by atoms with Crippen LogP contribution in [0.15, 0.2) is 18.2 Å². The Kier molecular flexibility index (Phi) is 4.79. The minimum atomic E-state index is -4.27. The first-order valence-electron chi connectivity index (χ1n) is 6.18. The molecule has 0 aliphatic rings. The van der Waals surface area contributed by atoms with Gasteiger partial charge in [-0.1, -0.05) is 26.8 Å². The van der Waals surface area contributed by atoms with Gasteiger partial charge < -0.3 is 5.32 Å². The molecular weight excluding hydrogens is 239 g/mol. The van der Waals surface area contributed by atoms with Crippen LogP contribution in [0.1, 0.15) is 43.5 Å². The molecule has 1 aromatic carbocycles. The fourth-order valence-corrected chi connectivity index (χ4v) is 2.13. The molecule has 1 rings (SSSR count). The zero-order valence-corrected chi connectivity index (χ0v) is 11.2. The molecule has 0 aromatic heterocycles. The van der Waals surface area contributed by atoms with Crippen LogP contribution in [0.25, 0.3) is 0 Å². The molecule has 0 bridgehead atoms. The molecule has 102 valence electrons. The van der Waals surface area contributed by atoms with Gasteiger partial charge in [0.2, 0.25) is 0 Å². The zero-order valence-electron chi connectivity index (χ0n) is 11.2. The van der Waals surface area contributed by atoms with E-state index >= 15 is 0 Å². The summed E-state index contributed by atoms with van der Waals surface area (Å²) in [5.74, 6) is 0.334. The third-order valence-corrected chi connectivity index (χ3v) is 3.02. The quantitative estimate of drug-likeness (QED) is 0.849. The van der Waals surface area contributed by atoms with Crippen molar-refractivity contribution in [3.63, 3.8) is 0 Å². The monoisotopic (exact) mass is 259 g/mol. The van der Waals surface area contributed by atoms with E-state index < -0.39 is 11.7 Å². The Bertz CT molecular complexity index is 397. The molecule has 4 heteroatoms. The van der Waals surface area contributed by atoms with Crippen molar-refractivity contribution >= 4 is 0 Å². The number of hydrogen-bond acceptors (Lipinski definition) is 1. The minimum Gasteiger partial charge on any atom is -0.310 e. The highest BCUT2D eigenvalue weighted by Crippen LogP contribution is 2.33. The van der Waals surface area contributed by atoms with E-state index in [9.17, 15) is 13.2 Å². The van der Waals surface area contributed by atoms with Crippen molar-refractivity contribution in [1.82, 2.24) is 5.32 Å². The van der Waals surface area contributed by atoms with E-state index in [1.165, 1.54) is 6.07 Å². The van der Waals surface area contributed by atoms with Crippen molar-refractivity contribution in [2.24, 2.45) is 5.92 Å². The van der Waals surface area contributed by atoms with Crippen LogP contribution in [-0.4, -0.2) is 6.54 Å². The summed E-state index contributed by atoms with van der Waals surface area (Å²) in [6.07, 6.45) is -4.27. The Hall–Kier alpha value is -1.03. The van der Waals surface area contributed by atoms with E-state index in [1.54, 1.807) is 13.0 Å². The summed E-state index contributed by atoms with van der Waals surface area (Å²) in [5, 5.41) is 3.32. The number of benzene rings is 1. The molecule has 0 fully saturated rings. The second kappa shape index (κ2) is 5.74. The number of alkyl halides is 3. The second-order valence-electron chi connectivity index (χ2n) is 4.85. The van der Waals surface area contributed by atoms with E-state index in [0.29, 0.717) is 11.5 Å². The lowest BCUT2D eigenvalue weighted by Crippen LogP contribution is -2.26. The molecule has 0 aliphatic carbocycles. The third-order valence-electron chi connectivity index (χ3n) is 3.02. The molecule has 0 aliphatic heterocycles. The molecule has 1 nitrogen and oxygen atoms in total. The van der Waals surface area contributed by atoms with E-state index in [-0.39, 0.29) is 6.04 Å². The van der Waals surface area contributed by atoms with Crippen LogP contribution in [0.2, 0.25) is 0 Å². The highest BCUT2D eigenvalue weighted by atomic mass is 19.4. The average Bonchev–Trinajstić information content (AvgIpc) is 2.24. The molecule has 0 spiro atoms. The summed E-state index contributed by atoms with van der Waals surface area (Å²) >= 11 is 0. The Morgan fingerprint density at radius 2 is 1.83 bits per heavy atom. The predicted molar refractivity (Wildman–Crippen MR) is 67.4 cm³/mol. The standard InChI is InChI=1S/C14H20F3N/c1-5-18-13(9(2)3)12-7-6-11(8-10(12)4)14(15,16)17/h6-9,13,18H,5H2,1-4H3. The molecule has 1 unspecified atom stereocenters. The molecule has 0 heterocycles. The van der Waals surface area contributed by atoms with Crippen LogP contribution in [0.3, 0.4) is 0 Å². The van der Waals surface area contributed by atoms with Crippen molar-refractivity contribution in [2.45, 2.75) is 39.9 Å². The number of hydrogen-bond donors (Lipinski definition) is 1. The number of rotatable bonds is 4. The van der Waals surface area contributed by atoms with E-state index in [2.05, 4.69) is 19.2 Å². The molecule has 0 radical (unpaired) electrons. The summed E-state index contributed by atoms with van der Waals surface area (Å²) in [7, 11) is 0. The summed E-state index contributed by atoms with van der Waals surface area (Å²) in [6, 6.07) is 4.07. The Balaban J connectivity index is 3.11. The summed E-state index contributed by atoms with van der Waals surface area (Å²) in [6.45, 7) is 8.64. The first-order valence-corrected chi connectivity index (χ1v) is 6.18. The van der Waals surface area contributed by atoms with Crippen molar-refractivity contribution in [3.8, 4) is 0 Å². The van der Waals surface area contributed by atoms with Crippen LogP contribution in [0, 0.1) is 12.8 Å². The van der Waals surface area contributed by atoms with E-state index in [1.807, 2.05) is 6.92 Å². The van der Waals surface area contributed by atoms with Gasteiger partial charge in [-0.25, -0.2) is 0 Å². The lowest BCUT2D eigenvalue weighted by Gasteiger charge is -2.24. The van der Waals surface area contributed by atoms with Crippen LogP contribution in [0.4, 0.5) is 13.2 Å². The van der Waals surface area contributed by atoms with Gasteiger partial charge in [0.15, 0.2) is 0 Å². The molecule has 18 heavy (non-hydrogen) atoms. The van der Waals surface area contributed by atoms with Gasteiger partial charge in [-0.3, -0.25) is 0 Å². The normalized spacial score (nSPS) is 14.0. The Labute approximate surface area is 106 Å². The molecule has 0 saturated heterocycles. The fraction of sp³-hybridized carbons (Fsp3) is 0.571. The van der Waals surface area contributed by atoms with Crippen LogP contribution >= 0.6 is 0 Å². The first kappa shape index (κ1) is 15.0. The smallest absolute Gasteiger partial charge is 0.310 e. The van der Waals surface area contributed by atoms with Crippen molar-refractivity contribution in [2.75, 3.05) is 6.54 Å². The number of aryl methyl sites for hydroxylation is 1. The SMILES string of the molecule is CCNC(c1ccc(C(F)(F)F)cc1C)C(C)C. The number of halogens is 3. The highest BCUT2D eigenvalue weighted by Gasteiger charge is 2.31. The van der Waals surface area contributed by atoms with Gasteiger partial charge in [0.05, 0.1) is 5.56 Å². The van der Waals surface area contributed by atoms with Crippen molar-refractivity contribution in [3.05, 3.63) is 34.9 Å². The minimum absolute atomic E-state index is 0.0947.